The summed E-state index contributed by atoms with van der Waals surface area (Å²) in [7, 11) is 2.17. The third-order valence-corrected chi connectivity index (χ3v) is 6.64. The zero-order chi connectivity index (χ0) is 22.3. The van der Waals surface area contributed by atoms with Gasteiger partial charge < -0.3 is 19.6 Å². The topological polar surface area (TPSA) is 77.7 Å². The number of hydrogen-bond acceptors (Lipinski definition) is 7. The molecule has 2 fully saturated rings. The largest absolute Gasteiger partial charge is 0.356 e. The number of aryl methyl sites for hydroxylation is 1. The van der Waals surface area contributed by atoms with Gasteiger partial charge in [0.2, 0.25) is 17.6 Å². The van der Waals surface area contributed by atoms with Crippen molar-refractivity contribution in [1.82, 2.24) is 30.2 Å². The second kappa shape index (κ2) is 11.0. The number of piperidine rings is 1. The Kier molecular flexibility index (Phi) is 7.89. The molecule has 0 radical (unpaired) electrons. The number of hydrogen-bond donors (Lipinski definition) is 1. The molecule has 0 atom stereocenters. The number of nitrogens with one attached hydrogen (secondary N) is 1. The third kappa shape index (κ3) is 6.37. The number of likely N-dealkylation sites (N-methyl/N-ethyl adjacent to an activating group) is 1. The van der Waals surface area contributed by atoms with Crippen LogP contribution in [0.4, 0.5) is 0 Å². The molecule has 1 amide bonds. The van der Waals surface area contributed by atoms with Gasteiger partial charge in [-0.3, -0.25) is 9.69 Å². The van der Waals surface area contributed by atoms with Gasteiger partial charge in [-0.1, -0.05) is 35.0 Å². The molecule has 2 aliphatic heterocycles. The SMILES string of the molecule is Cc1ccc(-c2noc(CN3CCC(C(=O)NCCCN4CCN(C)CC4)CC3)n2)cc1. The van der Waals surface area contributed by atoms with Crippen LogP contribution in [0.2, 0.25) is 0 Å². The maximum Gasteiger partial charge on any atom is 0.241 e. The number of nitrogens with zero attached hydrogens (tertiary/aromatic N) is 5. The number of benzene rings is 1. The Labute approximate surface area is 190 Å². The van der Waals surface area contributed by atoms with E-state index in [4.69, 9.17) is 4.52 Å². The highest BCUT2D eigenvalue weighted by Gasteiger charge is 2.26. The summed E-state index contributed by atoms with van der Waals surface area (Å²) in [6, 6.07) is 8.12. The van der Waals surface area contributed by atoms with Crippen LogP contribution in [0.3, 0.4) is 0 Å². The van der Waals surface area contributed by atoms with Crippen LogP contribution in [0.5, 0.6) is 0 Å². The minimum absolute atomic E-state index is 0.112. The first-order chi connectivity index (χ1) is 15.6. The molecule has 4 rings (SSSR count). The lowest BCUT2D eigenvalue weighted by molar-refractivity contribution is -0.126. The van der Waals surface area contributed by atoms with Gasteiger partial charge in [0.05, 0.1) is 6.54 Å². The Balaban J connectivity index is 1.14. The standard InChI is InChI=1S/C24H36N6O2/c1-19-4-6-20(7-5-19)23-26-22(32-27-23)18-30-12-8-21(9-13-30)24(31)25-10-3-11-29-16-14-28(2)15-17-29/h4-7,21H,3,8-18H2,1-2H3,(H,25,31). The molecule has 1 aromatic heterocycles. The number of rotatable bonds is 8. The number of piperazine rings is 1. The molecular weight excluding hydrogens is 404 g/mol. The lowest BCUT2D eigenvalue weighted by Gasteiger charge is -2.32. The zero-order valence-corrected chi connectivity index (χ0v) is 19.4. The van der Waals surface area contributed by atoms with Crippen molar-refractivity contribution in [3.05, 3.63) is 35.7 Å². The molecule has 1 aromatic carbocycles. The van der Waals surface area contributed by atoms with Crippen molar-refractivity contribution in [2.75, 3.05) is 59.4 Å². The summed E-state index contributed by atoms with van der Waals surface area (Å²) < 4.78 is 5.46. The fourth-order valence-electron chi connectivity index (χ4n) is 4.41. The minimum atomic E-state index is 0.112. The quantitative estimate of drug-likeness (QED) is 0.629. The molecule has 0 unspecified atom stereocenters. The predicted molar refractivity (Wildman–Crippen MR) is 124 cm³/mol. The van der Waals surface area contributed by atoms with Crippen LogP contribution in [-0.4, -0.2) is 90.2 Å². The van der Waals surface area contributed by atoms with E-state index in [2.05, 4.69) is 44.1 Å². The Morgan fingerprint density at radius 1 is 1.06 bits per heavy atom. The summed E-state index contributed by atoms with van der Waals surface area (Å²) >= 11 is 0. The molecule has 1 N–H and O–H groups in total. The van der Waals surface area contributed by atoms with Crippen molar-refractivity contribution in [2.24, 2.45) is 5.92 Å². The van der Waals surface area contributed by atoms with Crippen LogP contribution in [0.15, 0.2) is 28.8 Å². The van der Waals surface area contributed by atoms with Gasteiger partial charge in [-0.2, -0.15) is 4.98 Å². The summed E-state index contributed by atoms with van der Waals surface area (Å²) in [6.45, 7) is 10.8. The first kappa shape index (κ1) is 22.9. The van der Waals surface area contributed by atoms with Gasteiger partial charge in [-0.15, -0.1) is 0 Å². The van der Waals surface area contributed by atoms with E-state index in [9.17, 15) is 4.79 Å². The van der Waals surface area contributed by atoms with Gasteiger partial charge in [-0.05, 0) is 52.9 Å². The lowest BCUT2D eigenvalue weighted by atomic mass is 9.96. The Morgan fingerprint density at radius 2 is 1.78 bits per heavy atom. The molecule has 0 aliphatic carbocycles. The highest BCUT2D eigenvalue weighted by Crippen LogP contribution is 2.21. The number of amides is 1. The molecule has 3 heterocycles. The molecule has 0 bridgehead atoms. The predicted octanol–water partition coefficient (Wildman–Crippen LogP) is 2.01. The first-order valence-corrected chi connectivity index (χ1v) is 11.9. The summed E-state index contributed by atoms with van der Waals surface area (Å²) in [5.41, 5.74) is 2.17. The third-order valence-electron chi connectivity index (χ3n) is 6.64. The Hall–Kier alpha value is -2.29. The molecule has 0 saturated carbocycles. The number of aromatic nitrogens is 2. The van der Waals surface area contributed by atoms with Crippen molar-refractivity contribution in [2.45, 2.75) is 32.7 Å². The molecule has 174 valence electrons. The average molecular weight is 441 g/mol. The normalized spacial score (nSPS) is 19.3. The molecule has 2 aromatic rings. The molecule has 2 aliphatic rings. The average Bonchev–Trinajstić information content (AvgIpc) is 3.27. The molecule has 8 heteroatoms. The number of carbonyl (C=O) groups excluding carboxylic acids is 1. The summed E-state index contributed by atoms with van der Waals surface area (Å²) in [5.74, 6) is 1.58. The van der Waals surface area contributed by atoms with Crippen molar-refractivity contribution in [3.8, 4) is 11.4 Å². The van der Waals surface area contributed by atoms with Crippen LogP contribution in [0.1, 0.15) is 30.7 Å². The van der Waals surface area contributed by atoms with Crippen LogP contribution in [0, 0.1) is 12.8 Å². The van der Waals surface area contributed by atoms with Crippen LogP contribution >= 0.6 is 0 Å². The Morgan fingerprint density at radius 3 is 2.50 bits per heavy atom. The van der Waals surface area contributed by atoms with E-state index in [1.54, 1.807) is 0 Å². The van der Waals surface area contributed by atoms with Gasteiger partial charge in [0, 0.05) is 44.2 Å². The van der Waals surface area contributed by atoms with Gasteiger partial charge in [0.15, 0.2) is 0 Å². The van der Waals surface area contributed by atoms with Crippen molar-refractivity contribution >= 4 is 5.91 Å². The van der Waals surface area contributed by atoms with E-state index in [1.807, 2.05) is 24.3 Å². The van der Waals surface area contributed by atoms with Crippen LogP contribution in [-0.2, 0) is 11.3 Å². The summed E-state index contributed by atoms with van der Waals surface area (Å²) in [5, 5.41) is 7.28. The number of carbonyl (C=O) groups is 1. The van der Waals surface area contributed by atoms with Gasteiger partial charge in [0.1, 0.15) is 0 Å². The second-order valence-electron chi connectivity index (χ2n) is 9.22. The van der Waals surface area contributed by atoms with Crippen LogP contribution in [0.25, 0.3) is 11.4 Å². The maximum absolute atomic E-state index is 12.6. The smallest absolute Gasteiger partial charge is 0.241 e. The van der Waals surface area contributed by atoms with Gasteiger partial charge >= 0.3 is 0 Å². The maximum atomic E-state index is 12.6. The second-order valence-corrected chi connectivity index (χ2v) is 9.22. The lowest BCUT2D eigenvalue weighted by Crippen LogP contribution is -2.45. The van der Waals surface area contributed by atoms with E-state index in [1.165, 1.54) is 5.56 Å². The van der Waals surface area contributed by atoms with E-state index >= 15 is 0 Å². The van der Waals surface area contributed by atoms with Crippen molar-refractivity contribution in [1.29, 1.82) is 0 Å². The van der Waals surface area contributed by atoms with E-state index in [0.29, 0.717) is 18.3 Å². The fraction of sp³-hybridized carbons (Fsp3) is 0.625. The number of likely N-dealkylation sites (tertiary alicyclic amines) is 1. The fourth-order valence-corrected chi connectivity index (χ4v) is 4.41. The van der Waals surface area contributed by atoms with Crippen molar-refractivity contribution < 1.29 is 9.32 Å². The molecule has 2 saturated heterocycles. The van der Waals surface area contributed by atoms with E-state index in [0.717, 1.165) is 77.2 Å². The highest BCUT2D eigenvalue weighted by molar-refractivity contribution is 5.78. The molecule has 8 nitrogen and oxygen atoms in total. The summed E-state index contributed by atoms with van der Waals surface area (Å²) in [6.07, 6.45) is 2.78. The first-order valence-electron chi connectivity index (χ1n) is 11.9. The van der Waals surface area contributed by atoms with E-state index in [-0.39, 0.29) is 11.8 Å². The van der Waals surface area contributed by atoms with Gasteiger partial charge in [-0.25, -0.2) is 0 Å². The highest BCUT2D eigenvalue weighted by atomic mass is 16.5. The Bertz CT molecular complexity index is 852. The molecular formula is C24H36N6O2. The monoisotopic (exact) mass is 440 g/mol. The van der Waals surface area contributed by atoms with Crippen molar-refractivity contribution in [3.63, 3.8) is 0 Å². The molecule has 0 spiro atoms. The molecule has 32 heavy (non-hydrogen) atoms. The van der Waals surface area contributed by atoms with E-state index < -0.39 is 0 Å². The summed E-state index contributed by atoms with van der Waals surface area (Å²) in [4.78, 5) is 24.3. The zero-order valence-electron chi connectivity index (χ0n) is 19.4. The minimum Gasteiger partial charge on any atom is -0.356 e. The van der Waals surface area contributed by atoms with Gasteiger partial charge in [0.25, 0.3) is 0 Å². The van der Waals surface area contributed by atoms with Crippen LogP contribution < -0.4 is 5.32 Å².